The van der Waals surface area contributed by atoms with Gasteiger partial charge in [-0.3, -0.25) is 19.3 Å². The number of amides is 2. The summed E-state index contributed by atoms with van der Waals surface area (Å²) >= 11 is 1.37. The van der Waals surface area contributed by atoms with Gasteiger partial charge < -0.3 is 15.5 Å². The van der Waals surface area contributed by atoms with Gasteiger partial charge in [-0.2, -0.15) is 5.10 Å². The Morgan fingerprint density at radius 2 is 1.80 bits per heavy atom. The molecule has 0 saturated carbocycles. The van der Waals surface area contributed by atoms with Crippen LogP contribution in [0.5, 0.6) is 0 Å². The maximum absolute atomic E-state index is 15.8. The third-order valence-electron chi connectivity index (χ3n) is 8.05. The number of carbonyl (C=O) groups excluding carboxylic acids is 2. The van der Waals surface area contributed by atoms with Gasteiger partial charge in [0, 0.05) is 49.9 Å². The van der Waals surface area contributed by atoms with E-state index in [9.17, 15) is 18.8 Å². The molecule has 44 heavy (non-hydrogen) atoms. The van der Waals surface area contributed by atoms with Crippen molar-refractivity contribution in [3.63, 3.8) is 0 Å². The van der Waals surface area contributed by atoms with Crippen molar-refractivity contribution in [2.24, 2.45) is 7.05 Å². The number of pyridine rings is 1. The first kappa shape index (κ1) is 29.6. The minimum Gasteiger partial charge on any atom is -0.343 e. The van der Waals surface area contributed by atoms with Crippen LogP contribution < -0.4 is 16.2 Å². The number of nitrogens with zero attached hydrogens (tertiary/aromatic N) is 5. The van der Waals surface area contributed by atoms with Crippen LogP contribution in [0.15, 0.2) is 47.4 Å². The van der Waals surface area contributed by atoms with Gasteiger partial charge in [0.05, 0.1) is 16.3 Å². The molecular weight excluding hydrogens is 588 g/mol. The Balaban J connectivity index is 1.26. The monoisotopic (exact) mass is 619 g/mol. The van der Waals surface area contributed by atoms with Crippen molar-refractivity contribution in [1.29, 1.82) is 0 Å². The number of halogens is 2. The molecule has 1 unspecified atom stereocenters. The first-order chi connectivity index (χ1) is 21.1. The maximum Gasteiger partial charge on any atom is 0.290 e. The number of nitrogens with one attached hydrogen (secondary N) is 2. The summed E-state index contributed by atoms with van der Waals surface area (Å²) in [5.74, 6) is -1.90. The Bertz CT molecular complexity index is 1800. The highest BCUT2D eigenvalue weighted by atomic mass is 32.1. The molecule has 228 valence electrons. The summed E-state index contributed by atoms with van der Waals surface area (Å²) in [7, 11) is 5.03. The van der Waals surface area contributed by atoms with Gasteiger partial charge in [-0.15, -0.1) is 11.3 Å². The first-order valence-electron chi connectivity index (χ1n) is 14.3. The highest BCUT2D eigenvalue weighted by Crippen LogP contribution is 2.33. The molecule has 2 amide bonds. The topological polar surface area (TPSA) is 112 Å². The second-order valence-electron chi connectivity index (χ2n) is 11.2. The Morgan fingerprint density at radius 3 is 2.55 bits per heavy atom. The van der Waals surface area contributed by atoms with Gasteiger partial charge in [-0.25, -0.2) is 18.4 Å². The average molecular weight is 620 g/mol. The van der Waals surface area contributed by atoms with Crippen LogP contribution in [-0.2, 0) is 24.7 Å². The third kappa shape index (κ3) is 5.72. The second kappa shape index (κ2) is 11.9. The van der Waals surface area contributed by atoms with E-state index in [0.29, 0.717) is 22.8 Å². The minimum atomic E-state index is -0.883. The van der Waals surface area contributed by atoms with Gasteiger partial charge in [0.1, 0.15) is 23.4 Å². The van der Waals surface area contributed by atoms with Gasteiger partial charge in [-0.1, -0.05) is 6.07 Å². The van der Waals surface area contributed by atoms with E-state index in [1.54, 1.807) is 30.3 Å². The lowest BCUT2D eigenvalue weighted by Gasteiger charge is -2.36. The van der Waals surface area contributed by atoms with E-state index in [2.05, 4.69) is 20.7 Å². The van der Waals surface area contributed by atoms with Crippen LogP contribution in [0.3, 0.4) is 0 Å². The molecule has 3 aromatic heterocycles. The van der Waals surface area contributed by atoms with Crippen molar-refractivity contribution < 1.29 is 18.4 Å². The molecule has 1 aliphatic carbocycles. The number of benzene rings is 1. The number of thiophene rings is 1. The number of fused-ring (bicyclic) bond motifs is 1. The second-order valence-corrected chi connectivity index (χ2v) is 12.3. The predicted octanol–water partition coefficient (Wildman–Crippen LogP) is 4.50. The SMILES string of the molecule is CN1CCN(C)C(c2ccc(Nc3cc(-c4cc(F)cc(NC(=O)c5cc6c(s5)CCCC6)c4F)nn(C)c3=O)nc2)C1=O. The van der Waals surface area contributed by atoms with Crippen LogP contribution in [0, 0.1) is 11.6 Å². The minimum absolute atomic E-state index is 0.0252. The normalized spacial score (nSPS) is 17.0. The molecule has 1 fully saturated rings. The quantitative estimate of drug-likeness (QED) is 0.327. The molecule has 2 N–H and O–H groups in total. The molecule has 6 rings (SSSR count). The standard InChI is InChI=1S/C31H31F2N7O3S/c1-38-10-11-39(2)31(43)28(38)18-8-9-26(34-16-18)35-23-15-21(37-40(3)30(23)42)20-13-19(32)14-22(27(20)33)36-29(41)25-12-17-6-4-5-7-24(17)44-25/h8-9,12-16,28H,4-7,10-11H2,1-3H3,(H,34,35)(H,36,41). The summed E-state index contributed by atoms with van der Waals surface area (Å²) in [5.41, 5.74) is 0.771. The zero-order valence-corrected chi connectivity index (χ0v) is 25.3. The molecule has 1 saturated heterocycles. The fourth-order valence-corrected chi connectivity index (χ4v) is 6.75. The molecule has 4 heterocycles. The van der Waals surface area contributed by atoms with Gasteiger partial charge in [0.15, 0.2) is 5.82 Å². The number of hydrogen-bond acceptors (Lipinski definition) is 8. The first-order valence-corrected chi connectivity index (χ1v) is 15.1. The number of aromatic nitrogens is 3. The van der Waals surface area contributed by atoms with Gasteiger partial charge in [0.25, 0.3) is 11.5 Å². The van der Waals surface area contributed by atoms with E-state index in [0.717, 1.165) is 59.5 Å². The average Bonchev–Trinajstić information content (AvgIpc) is 3.45. The van der Waals surface area contributed by atoms with Crippen LogP contribution >= 0.6 is 11.3 Å². The van der Waals surface area contributed by atoms with E-state index in [4.69, 9.17) is 0 Å². The highest BCUT2D eigenvalue weighted by molar-refractivity contribution is 7.14. The Morgan fingerprint density at radius 1 is 1.00 bits per heavy atom. The van der Waals surface area contributed by atoms with Crippen LogP contribution in [-0.4, -0.2) is 63.6 Å². The van der Waals surface area contributed by atoms with Crippen LogP contribution in [0.1, 0.15) is 44.6 Å². The van der Waals surface area contributed by atoms with E-state index in [-0.39, 0.29) is 28.5 Å². The van der Waals surface area contributed by atoms with Crippen molar-refractivity contribution >= 4 is 40.3 Å². The van der Waals surface area contributed by atoms with Crippen molar-refractivity contribution in [2.75, 3.05) is 37.8 Å². The van der Waals surface area contributed by atoms with Crippen molar-refractivity contribution in [1.82, 2.24) is 24.6 Å². The van der Waals surface area contributed by atoms with Gasteiger partial charge >= 0.3 is 0 Å². The molecule has 13 heteroatoms. The molecule has 0 spiro atoms. The molecule has 10 nitrogen and oxygen atoms in total. The third-order valence-corrected chi connectivity index (χ3v) is 9.28. The molecule has 1 atom stereocenters. The maximum atomic E-state index is 15.8. The lowest BCUT2D eigenvalue weighted by Crippen LogP contribution is -2.49. The van der Waals surface area contributed by atoms with Crippen molar-refractivity contribution in [3.05, 3.63) is 85.5 Å². The van der Waals surface area contributed by atoms with Crippen molar-refractivity contribution in [3.8, 4) is 11.3 Å². The molecular formula is C31H31F2N7O3S. The lowest BCUT2D eigenvalue weighted by molar-refractivity contribution is -0.139. The number of aryl methyl sites for hydroxylation is 3. The molecule has 2 aliphatic rings. The van der Waals surface area contributed by atoms with E-state index in [1.165, 1.54) is 24.5 Å². The Kier molecular flexibility index (Phi) is 7.99. The summed E-state index contributed by atoms with van der Waals surface area (Å²) < 4.78 is 31.5. The van der Waals surface area contributed by atoms with E-state index >= 15 is 4.39 Å². The van der Waals surface area contributed by atoms with Gasteiger partial charge in [0.2, 0.25) is 5.91 Å². The van der Waals surface area contributed by atoms with Crippen LogP contribution in [0.4, 0.5) is 26.0 Å². The zero-order valence-electron chi connectivity index (χ0n) is 24.5. The smallest absolute Gasteiger partial charge is 0.290 e. The summed E-state index contributed by atoms with van der Waals surface area (Å²) in [4.78, 5) is 48.3. The predicted molar refractivity (Wildman–Crippen MR) is 164 cm³/mol. The zero-order chi connectivity index (χ0) is 31.1. The summed E-state index contributed by atoms with van der Waals surface area (Å²) in [6.45, 7) is 1.36. The van der Waals surface area contributed by atoms with Crippen LogP contribution in [0.25, 0.3) is 11.3 Å². The summed E-state index contributed by atoms with van der Waals surface area (Å²) in [6.07, 6.45) is 5.52. The summed E-state index contributed by atoms with van der Waals surface area (Å²) in [5, 5.41) is 9.59. The molecule has 0 bridgehead atoms. The Labute approximate surface area is 256 Å². The van der Waals surface area contributed by atoms with E-state index < -0.39 is 29.1 Å². The number of hydrogen-bond donors (Lipinski definition) is 2. The highest BCUT2D eigenvalue weighted by Gasteiger charge is 2.32. The van der Waals surface area contributed by atoms with Crippen molar-refractivity contribution in [2.45, 2.75) is 31.7 Å². The number of rotatable bonds is 6. The largest absolute Gasteiger partial charge is 0.343 e. The number of likely N-dealkylation sites (N-methyl/N-ethyl adjacent to an activating group) is 2. The molecule has 1 aliphatic heterocycles. The fraction of sp³-hybridized carbons (Fsp3) is 0.323. The molecule has 0 radical (unpaired) electrons. The van der Waals surface area contributed by atoms with E-state index in [1.807, 2.05) is 18.0 Å². The number of anilines is 3. The van der Waals surface area contributed by atoms with Crippen LogP contribution in [0.2, 0.25) is 0 Å². The Hall–Kier alpha value is -4.49. The molecule has 4 aromatic rings. The molecule has 1 aromatic carbocycles. The fourth-order valence-electron chi connectivity index (χ4n) is 5.60. The lowest BCUT2D eigenvalue weighted by atomic mass is 9.99. The summed E-state index contributed by atoms with van der Waals surface area (Å²) in [6, 6.07) is 7.95. The number of carbonyl (C=O) groups is 2. The number of piperazine rings is 1. The van der Waals surface area contributed by atoms with Gasteiger partial charge in [-0.05, 0) is 68.1 Å².